The SMILES string of the molecule is CC(C1CC1)n1nccc1NC(=O)c1ccc(N2CCCCC2)c(S(=O)(=O)N2CCCCC2)c1. The Morgan fingerprint density at radius 3 is 2.35 bits per heavy atom. The van der Waals surface area contributed by atoms with Crippen LogP contribution in [-0.4, -0.2) is 54.6 Å². The Bertz CT molecular complexity index is 1130. The van der Waals surface area contributed by atoms with E-state index in [9.17, 15) is 13.2 Å². The molecule has 1 aromatic heterocycles. The van der Waals surface area contributed by atoms with E-state index in [1.807, 2.05) is 10.7 Å². The van der Waals surface area contributed by atoms with Gasteiger partial charge in [-0.15, -0.1) is 0 Å². The van der Waals surface area contributed by atoms with E-state index in [2.05, 4.69) is 22.2 Å². The van der Waals surface area contributed by atoms with Gasteiger partial charge in [-0.05, 0) is 76.0 Å². The lowest BCUT2D eigenvalue weighted by atomic mass is 10.1. The number of rotatable bonds is 7. The van der Waals surface area contributed by atoms with Crippen molar-refractivity contribution >= 4 is 27.4 Å². The fraction of sp³-hybridized carbons (Fsp3) is 0.600. The average Bonchev–Trinajstić information content (AvgIpc) is 3.63. The van der Waals surface area contributed by atoms with Crippen LogP contribution in [0.25, 0.3) is 0 Å². The summed E-state index contributed by atoms with van der Waals surface area (Å²) in [7, 11) is -3.69. The monoisotopic (exact) mass is 485 g/mol. The van der Waals surface area contributed by atoms with Crippen molar-refractivity contribution in [3.63, 3.8) is 0 Å². The number of carbonyl (C=O) groups excluding carboxylic acids is 1. The summed E-state index contributed by atoms with van der Waals surface area (Å²) in [6, 6.07) is 7.17. The van der Waals surface area contributed by atoms with Crippen LogP contribution in [0.1, 0.15) is 74.7 Å². The molecule has 3 aliphatic rings. The van der Waals surface area contributed by atoms with Crippen LogP contribution in [0, 0.1) is 5.92 Å². The highest BCUT2D eigenvalue weighted by atomic mass is 32.2. The topological polar surface area (TPSA) is 87.5 Å². The standard InChI is InChI=1S/C25H35N5O3S/c1-19(20-8-9-20)30-24(12-13-26-30)27-25(31)21-10-11-22(28-14-4-2-5-15-28)23(18-21)34(32,33)29-16-6-3-7-17-29/h10-13,18-20H,2-9,14-17H2,1H3,(H,27,31). The van der Waals surface area contributed by atoms with Crippen molar-refractivity contribution in [1.82, 2.24) is 14.1 Å². The number of hydrogen-bond acceptors (Lipinski definition) is 5. The number of benzene rings is 1. The fourth-order valence-corrected chi connectivity index (χ4v) is 6.96. The zero-order chi connectivity index (χ0) is 23.7. The number of nitrogens with one attached hydrogen (secondary N) is 1. The summed E-state index contributed by atoms with van der Waals surface area (Å²) < 4.78 is 30.9. The molecule has 1 unspecified atom stereocenters. The van der Waals surface area contributed by atoms with Gasteiger partial charge in [0, 0.05) is 37.8 Å². The van der Waals surface area contributed by atoms with Gasteiger partial charge in [-0.1, -0.05) is 6.42 Å². The van der Waals surface area contributed by atoms with Crippen molar-refractivity contribution in [1.29, 1.82) is 0 Å². The number of aromatic nitrogens is 2. The van der Waals surface area contributed by atoms with Gasteiger partial charge in [0.25, 0.3) is 5.91 Å². The van der Waals surface area contributed by atoms with E-state index in [1.165, 1.54) is 12.8 Å². The number of anilines is 2. The first-order valence-corrected chi connectivity index (χ1v) is 14.1. The maximum atomic E-state index is 13.7. The summed E-state index contributed by atoms with van der Waals surface area (Å²) in [5.41, 5.74) is 1.07. The van der Waals surface area contributed by atoms with Crippen LogP contribution in [0.3, 0.4) is 0 Å². The fourth-order valence-electron chi connectivity index (χ4n) is 5.21. The van der Waals surface area contributed by atoms with Gasteiger partial charge in [0.15, 0.2) is 0 Å². The molecular weight excluding hydrogens is 450 g/mol. The molecule has 184 valence electrons. The molecule has 1 N–H and O–H groups in total. The Morgan fingerprint density at radius 1 is 1.00 bits per heavy atom. The molecule has 34 heavy (non-hydrogen) atoms. The van der Waals surface area contributed by atoms with Gasteiger partial charge in [0.05, 0.1) is 17.9 Å². The molecule has 1 atom stereocenters. The first-order chi connectivity index (χ1) is 16.4. The first kappa shape index (κ1) is 23.4. The van der Waals surface area contributed by atoms with E-state index < -0.39 is 10.0 Å². The smallest absolute Gasteiger partial charge is 0.256 e. The summed E-state index contributed by atoms with van der Waals surface area (Å²) in [4.78, 5) is 15.7. The highest BCUT2D eigenvalue weighted by molar-refractivity contribution is 7.89. The van der Waals surface area contributed by atoms with Crippen molar-refractivity contribution in [2.45, 2.75) is 69.2 Å². The van der Waals surface area contributed by atoms with Crippen LogP contribution in [-0.2, 0) is 10.0 Å². The van der Waals surface area contributed by atoms with Crippen molar-refractivity contribution in [2.24, 2.45) is 5.92 Å². The highest BCUT2D eigenvalue weighted by Gasteiger charge is 2.32. The lowest BCUT2D eigenvalue weighted by molar-refractivity contribution is 0.102. The highest BCUT2D eigenvalue weighted by Crippen LogP contribution is 2.40. The van der Waals surface area contributed by atoms with Crippen LogP contribution in [0.2, 0.25) is 0 Å². The summed E-state index contributed by atoms with van der Waals surface area (Å²) >= 11 is 0. The maximum absolute atomic E-state index is 13.7. The quantitative estimate of drug-likeness (QED) is 0.633. The van der Waals surface area contributed by atoms with Gasteiger partial charge in [0.1, 0.15) is 10.7 Å². The number of amides is 1. The Hall–Kier alpha value is -2.39. The van der Waals surface area contributed by atoms with E-state index in [0.29, 0.717) is 36.1 Å². The Balaban J connectivity index is 1.46. The van der Waals surface area contributed by atoms with E-state index in [1.54, 1.807) is 28.7 Å². The molecule has 1 aromatic carbocycles. The van der Waals surface area contributed by atoms with Gasteiger partial charge in [-0.2, -0.15) is 9.40 Å². The molecule has 8 nitrogen and oxygen atoms in total. The van der Waals surface area contributed by atoms with Crippen molar-refractivity contribution in [2.75, 3.05) is 36.4 Å². The number of carbonyl (C=O) groups is 1. The van der Waals surface area contributed by atoms with Crippen LogP contribution < -0.4 is 10.2 Å². The predicted molar refractivity (Wildman–Crippen MR) is 133 cm³/mol. The molecule has 5 rings (SSSR count). The zero-order valence-electron chi connectivity index (χ0n) is 19.9. The number of piperidine rings is 2. The Morgan fingerprint density at radius 2 is 1.68 bits per heavy atom. The molecule has 1 saturated carbocycles. The molecule has 0 radical (unpaired) electrons. The molecule has 0 spiro atoms. The molecule has 2 saturated heterocycles. The minimum Gasteiger partial charge on any atom is -0.370 e. The van der Waals surface area contributed by atoms with Gasteiger partial charge in [0.2, 0.25) is 10.0 Å². The summed E-state index contributed by atoms with van der Waals surface area (Å²) in [6.45, 7) is 4.88. The molecule has 3 fully saturated rings. The molecule has 1 amide bonds. The summed E-state index contributed by atoms with van der Waals surface area (Å²) in [5, 5.41) is 7.38. The molecule has 2 aliphatic heterocycles. The van der Waals surface area contributed by atoms with E-state index in [-0.39, 0.29) is 16.8 Å². The second-order valence-corrected chi connectivity index (χ2v) is 11.8. The van der Waals surface area contributed by atoms with Crippen LogP contribution in [0.5, 0.6) is 0 Å². The van der Waals surface area contributed by atoms with Crippen LogP contribution in [0.15, 0.2) is 35.4 Å². The normalized spacial score (nSPS) is 20.8. The predicted octanol–water partition coefficient (Wildman–Crippen LogP) is 4.27. The zero-order valence-corrected chi connectivity index (χ0v) is 20.8. The lowest BCUT2D eigenvalue weighted by Gasteiger charge is -2.33. The number of nitrogens with zero attached hydrogens (tertiary/aromatic N) is 4. The molecule has 9 heteroatoms. The molecular formula is C25H35N5O3S. The van der Waals surface area contributed by atoms with Crippen molar-refractivity contribution in [3.05, 3.63) is 36.0 Å². The second kappa shape index (κ2) is 9.70. The lowest BCUT2D eigenvalue weighted by Crippen LogP contribution is -2.37. The van der Waals surface area contributed by atoms with Gasteiger partial charge < -0.3 is 10.2 Å². The first-order valence-electron chi connectivity index (χ1n) is 12.7. The van der Waals surface area contributed by atoms with Gasteiger partial charge in [-0.25, -0.2) is 13.1 Å². The molecule has 0 bridgehead atoms. The van der Waals surface area contributed by atoms with Crippen molar-refractivity contribution < 1.29 is 13.2 Å². The molecule has 2 aromatic rings. The summed E-state index contributed by atoms with van der Waals surface area (Å²) in [6.07, 6.45) is 10.1. The van der Waals surface area contributed by atoms with E-state index >= 15 is 0 Å². The summed E-state index contributed by atoms with van der Waals surface area (Å²) in [5.74, 6) is 0.927. The van der Waals surface area contributed by atoms with E-state index in [4.69, 9.17) is 0 Å². The average molecular weight is 486 g/mol. The van der Waals surface area contributed by atoms with E-state index in [0.717, 1.165) is 51.6 Å². The minimum atomic E-state index is -3.69. The number of sulfonamides is 1. The van der Waals surface area contributed by atoms with Crippen LogP contribution in [0.4, 0.5) is 11.5 Å². The van der Waals surface area contributed by atoms with Crippen LogP contribution >= 0.6 is 0 Å². The number of hydrogen-bond donors (Lipinski definition) is 1. The Kier molecular flexibility index (Phi) is 6.66. The third kappa shape index (κ3) is 4.73. The molecule has 1 aliphatic carbocycles. The minimum absolute atomic E-state index is 0.224. The van der Waals surface area contributed by atoms with Crippen molar-refractivity contribution in [3.8, 4) is 0 Å². The largest absolute Gasteiger partial charge is 0.370 e. The third-order valence-electron chi connectivity index (χ3n) is 7.45. The van der Waals surface area contributed by atoms with Gasteiger partial charge in [-0.3, -0.25) is 4.79 Å². The third-order valence-corrected chi connectivity index (χ3v) is 9.38. The van der Waals surface area contributed by atoms with Gasteiger partial charge >= 0.3 is 0 Å². The second-order valence-electron chi connectivity index (χ2n) is 9.89. The molecule has 3 heterocycles. The Labute approximate surface area is 202 Å². The maximum Gasteiger partial charge on any atom is 0.256 e.